The summed E-state index contributed by atoms with van der Waals surface area (Å²) in [5.74, 6) is 0.177. The lowest BCUT2D eigenvalue weighted by Gasteiger charge is -2.32. The van der Waals surface area contributed by atoms with Gasteiger partial charge in [-0.2, -0.15) is 0 Å². The molecule has 208 valence electrons. The summed E-state index contributed by atoms with van der Waals surface area (Å²) in [4.78, 5) is 37.9. The number of anilines is 1. The molecule has 0 radical (unpaired) electrons. The minimum atomic E-state index is -0.378. The van der Waals surface area contributed by atoms with Gasteiger partial charge in [0, 0.05) is 43.7 Å². The molecule has 0 saturated heterocycles. The first-order valence-corrected chi connectivity index (χ1v) is 14.2. The van der Waals surface area contributed by atoms with Crippen molar-refractivity contribution >= 4 is 28.4 Å². The predicted molar refractivity (Wildman–Crippen MR) is 155 cm³/mol. The highest BCUT2D eigenvalue weighted by Gasteiger charge is 2.25. The average Bonchev–Trinajstić information content (AvgIpc) is 2.88. The van der Waals surface area contributed by atoms with Crippen molar-refractivity contribution in [2.45, 2.75) is 53.5 Å². The third kappa shape index (κ3) is 7.63. The van der Waals surface area contributed by atoms with Gasteiger partial charge in [-0.3, -0.25) is 9.59 Å². The van der Waals surface area contributed by atoms with Crippen LogP contribution in [0.25, 0.3) is 10.9 Å². The van der Waals surface area contributed by atoms with Crippen LogP contribution in [0, 0.1) is 17.7 Å². The maximum absolute atomic E-state index is 14.6. The fraction of sp³-hybridized carbons (Fsp3) is 0.469. The molecule has 0 fully saturated rings. The SMILES string of the molecule is CC(C)CC(=O)N1CCCN(CC(C)C)CCCN(C(=O)c2ccc3ccccc3n2)Cc2cc(F)ccc21. The molecule has 2 aromatic carbocycles. The van der Waals surface area contributed by atoms with Crippen molar-refractivity contribution in [1.29, 1.82) is 0 Å². The first-order chi connectivity index (χ1) is 18.7. The molecule has 1 aromatic heterocycles. The molecule has 1 aliphatic rings. The van der Waals surface area contributed by atoms with E-state index < -0.39 is 0 Å². The van der Waals surface area contributed by atoms with Crippen molar-refractivity contribution in [2.24, 2.45) is 11.8 Å². The first-order valence-electron chi connectivity index (χ1n) is 14.2. The summed E-state index contributed by atoms with van der Waals surface area (Å²) in [6, 6.07) is 16.0. The number of halogens is 1. The molecule has 6 nitrogen and oxygen atoms in total. The molecular weight excluding hydrogens is 491 g/mol. The van der Waals surface area contributed by atoms with Gasteiger partial charge in [0.1, 0.15) is 11.5 Å². The Bertz CT molecular complexity index is 1290. The van der Waals surface area contributed by atoms with Gasteiger partial charge in [0.25, 0.3) is 5.91 Å². The van der Waals surface area contributed by atoms with Gasteiger partial charge in [-0.15, -0.1) is 0 Å². The van der Waals surface area contributed by atoms with Crippen molar-refractivity contribution < 1.29 is 14.0 Å². The summed E-state index contributed by atoms with van der Waals surface area (Å²) in [5.41, 5.74) is 2.45. The molecule has 0 bridgehead atoms. The fourth-order valence-corrected chi connectivity index (χ4v) is 5.34. The van der Waals surface area contributed by atoms with Crippen molar-refractivity contribution in [3.05, 3.63) is 71.7 Å². The standard InChI is InChI=1S/C32H41FN4O2/c1-23(2)19-31(38)37-18-8-16-35(21-24(3)4)15-7-17-36(22-26-20-27(33)12-14-30(26)37)32(39)29-13-11-25-9-5-6-10-28(25)34-29/h5-6,9-14,20,23-24H,7-8,15-19,21-22H2,1-4H3. The summed E-state index contributed by atoms with van der Waals surface area (Å²) >= 11 is 0. The Morgan fingerprint density at radius 2 is 1.64 bits per heavy atom. The highest BCUT2D eigenvalue weighted by atomic mass is 19.1. The van der Waals surface area contributed by atoms with Crippen LogP contribution in [-0.4, -0.2) is 59.3 Å². The molecule has 39 heavy (non-hydrogen) atoms. The fourth-order valence-electron chi connectivity index (χ4n) is 5.34. The number of nitrogens with zero attached hydrogens (tertiary/aromatic N) is 4. The third-order valence-electron chi connectivity index (χ3n) is 7.06. The van der Waals surface area contributed by atoms with Crippen LogP contribution >= 0.6 is 0 Å². The lowest BCUT2D eigenvalue weighted by atomic mass is 10.1. The quantitative estimate of drug-likeness (QED) is 0.396. The average molecular weight is 533 g/mol. The maximum Gasteiger partial charge on any atom is 0.272 e. The summed E-state index contributed by atoms with van der Waals surface area (Å²) < 4.78 is 14.6. The Hall–Kier alpha value is -3.32. The zero-order chi connectivity index (χ0) is 27.9. The van der Waals surface area contributed by atoms with Crippen molar-refractivity contribution in [2.75, 3.05) is 37.6 Å². The number of rotatable bonds is 5. The van der Waals surface area contributed by atoms with E-state index in [9.17, 15) is 14.0 Å². The van der Waals surface area contributed by atoms with E-state index >= 15 is 0 Å². The van der Waals surface area contributed by atoms with Crippen LogP contribution in [0.2, 0.25) is 0 Å². The van der Waals surface area contributed by atoms with E-state index in [-0.39, 0.29) is 30.1 Å². The van der Waals surface area contributed by atoms with E-state index in [1.54, 1.807) is 21.9 Å². The highest BCUT2D eigenvalue weighted by molar-refractivity contribution is 5.96. The van der Waals surface area contributed by atoms with Gasteiger partial charge < -0.3 is 14.7 Å². The van der Waals surface area contributed by atoms with Crippen molar-refractivity contribution in [3.63, 3.8) is 0 Å². The van der Waals surface area contributed by atoms with Crippen LogP contribution in [-0.2, 0) is 11.3 Å². The lowest BCUT2D eigenvalue weighted by Crippen LogP contribution is -2.40. The van der Waals surface area contributed by atoms with E-state index in [1.165, 1.54) is 12.1 Å². The Balaban J connectivity index is 1.72. The molecule has 0 spiro atoms. The number of para-hydroxylation sites is 1. The minimum absolute atomic E-state index is 0.0272. The van der Waals surface area contributed by atoms with Crippen LogP contribution in [0.15, 0.2) is 54.6 Å². The molecule has 1 aliphatic heterocycles. The van der Waals surface area contributed by atoms with E-state index in [1.807, 2.05) is 44.2 Å². The third-order valence-corrected chi connectivity index (χ3v) is 7.06. The molecule has 7 heteroatoms. The Morgan fingerprint density at radius 3 is 2.38 bits per heavy atom. The van der Waals surface area contributed by atoms with Gasteiger partial charge in [-0.05, 0) is 73.7 Å². The van der Waals surface area contributed by atoms with Crippen LogP contribution in [0.5, 0.6) is 0 Å². The molecule has 2 heterocycles. The number of hydrogen-bond donors (Lipinski definition) is 0. The predicted octanol–water partition coefficient (Wildman–Crippen LogP) is 6.15. The summed E-state index contributed by atoms with van der Waals surface area (Å²) in [7, 11) is 0. The number of amides is 2. The molecule has 3 aromatic rings. The monoisotopic (exact) mass is 532 g/mol. The second kappa shape index (κ2) is 13.2. The summed E-state index contributed by atoms with van der Waals surface area (Å²) in [6.07, 6.45) is 2.04. The Kier molecular flexibility index (Phi) is 9.68. The van der Waals surface area contributed by atoms with Crippen molar-refractivity contribution in [1.82, 2.24) is 14.8 Å². The molecule has 0 aliphatic carbocycles. The zero-order valence-electron chi connectivity index (χ0n) is 23.7. The maximum atomic E-state index is 14.6. The van der Waals surface area contributed by atoms with Gasteiger partial charge in [0.15, 0.2) is 0 Å². The van der Waals surface area contributed by atoms with Crippen molar-refractivity contribution in [3.8, 4) is 0 Å². The van der Waals surface area contributed by atoms with Crippen LogP contribution in [0.3, 0.4) is 0 Å². The minimum Gasteiger partial charge on any atom is -0.333 e. The lowest BCUT2D eigenvalue weighted by molar-refractivity contribution is -0.119. The number of carbonyl (C=O) groups is 2. The molecule has 2 amide bonds. The van der Waals surface area contributed by atoms with Gasteiger partial charge in [-0.1, -0.05) is 52.0 Å². The Morgan fingerprint density at radius 1 is 0.897 bits per heavy atom. The smallest absolute Gasteiger partial charge is 0.272 e. The topological polar surface area (TPSA) is 56.8 Å². The molecule has 4 rings (SSSR count). The van der Waals surface area contributed by atoms with E-state index in [2.05, 4.69) is 23.7 Å². The van der Waals surface area contributed by atoms with Crippen LogP contribution in [0.4, 0.5) is 10.1 Å². The molecule has 0 N–H and O–H groups in total. The van der Waals surface area contributed by atoms with E-state index in [0.717, 1.165) is 43.4 Å². The highest BCUT2D eigenvalue weighted by Crippen LogP contribution is 2.27. The Labute approximate surface area is 231 Å². The van der Waals surface area contributed by atoms with Gasteiger partial charge in [0.05, 0.1) is 5.52 Å². The number of hydrogen-bond acceptors (Lipinski definition) is 4. The number of aromatic nitrogens is 1. The van der Waals surface area contributed by atoms with Crippen LogP contribution < -0.4 is 4.90 Å². The van der Waals surface area contributed by atoms with E-state index in [4.69, 9.17) is 0 Å². The van der Waals surface area contributed by atoms with Gasteiger partial charge >= 0.3 is 0 Å². The summed E-state index contributed by atoms with van der Waals surface area (Å²) in [5, 5.41) is 0.971. The second-order valence-corrected chi connectivity index (χ2v) is 11.4. The molecule has 0 saturated carbocycles. The zero-order valence-corrected chi connectivity index (χ0v) is 23.7. The number of benzene rings is 2. The van der Waals surface area contributed by atoms with Gasteiger partial charge in [-0.25, -0.2) is 9.37 Å². The largest absolute Gasteiger partial charge is 0.333 e. The summed E-state index contributed by atoms with van der Waals surface area (Å²) in [6.45, 7) is 12.4. The molecule has 0 unspecified atom stereocenters. The normalized spacial score (nSPS) is 15.8. The second-order valence-electron chi connectivity index (χ2n) is 11.4. The number of fused-ring (bicyclic) bond motifs is 2. The van der Waals surface area contributed by atoms with Gasteiger partial charge in [0.2, 0.25) is 5.91 Å². The number of pyridine rings is 1. The van der Waals surface area contributed by atoms with E-state index in [0.29, 0.717) is 42.4 Å². The first kappa shape index (κ1) is 28.7. The number of carbonyl (C=O) groups excluding carboxylic acids is 2. The molecule has 0 atom stereocenters. The van der Waals surface area contributed by atoms with Crippen LogP contribution in [0.1, 0.15) is 63.0 Å². The molecular formula is C32H41FN4O2.